The van der Waals surface area contributed by atoms with Crippen LogP contribution in [0.15, 0.2) is 48.5 Å². The highest BCUT2D eigenvalue weighted by atomic mass is 35.5. The van der Waals surface area contributed by atoms with Gasteiger partial charge in [-0.1, -0.05) is 29.8 Å². The van der Waals surface area contributed by atoms with Crippen molar-refractivity contribution in [3.05, 3.63) is 59.1 Å². The van der Waals surface area contributed by atoms with Crippen LogP contribution >= 0.6 is 11.6 Å². The van der Waals surface area contributed by atoms with Gasteiger partial charge in [-0.3, -0.25) is 9.59 Å². The summed E-state index contributed by atoms with van der Waals surface area (Å²) in [6.07, 6.45) is 1.24. The van der Waals surface area contributed by atoms with E-state index in [1.807, 2.05) is 24.3 Å². The molecule has 0 bridgehead atoms. The molecule has 31 heavy (non-hydrogen) atoms. The van der Waals surface area contributed by atoms with E-state index in [0.717, 1.165) is 12.1 Å². The lowest BCUT2D eigenvalue weighted by Crippen LogP contribution is -2.49. The first-order valence-electron chi connectivity index (χ1n) is 10.4. The molecule has 4 rings (SSSR count). The van der Waals surface area contributed by atoms with Crippen LogP contribution in [0.25, 0.3) is 0 Å². The van der Waals surface area contributed by atoms with Crippen LogP contribution < -0.4 is 9.80 Å². The van der Waals surface area contributed by atoms with Gasteiger partial charge in [0.05, 0.1) is 11.3 Å². The predicted octanol–water partition coefficient (Wildman–Crippen LogP) is 2.97. The van der Waals surface area contributed by atoms with Crippen molar-refractivity contribution in [2.75, 3.05) is 49.1 Å². The summed E-state index contributed by atoms with van der Waals surface area (Å²) in [5, 5.41) is 0.679. The normalized spacial score (nSPS) is 16.5. The van der Waals surface area contributed by atoms with Crippen LogP contribution in [-0.4, -0.2) is 62.0 Å². The molecule has 0 saturated carbocycles. The summed E-state index contributed by atoms with van der Waals surface area (Å²) in [5.74, 6) is -0.830. The Bertz CT molecular complexity index is 988. The zero-order chi connectivity index (χ0) is 21.8. The molecule has 2 aliphatic rings. The van der Waals surface area contributed by atoms with Crippen molar-refractivity contribution in [2.24, 2.45) is 0 Å². The van der Waals surface area contributed by atoms with Gasteiger partial charge in [-0.15, -0.1) is 0 Å². The molecule has 7 nitrogen and oxygen atoms in total. The molecule has 2 aromatic rings. The Labute approximate surface area is 186 Å². The van der Waals surface area contributed by atoms with Crippen LogP contribution in [0.4, 0.5) is 11.4 Å². The topological polar surface area (TPSA) is 70.2 Å². The molecule has 2 saturated heterocycles. The minimum atomic E-state index is -0.596. The largest absolute Gasteiger partial charge is 0.452 e. The third-order valence-electron chi connectivity index (χ3n) is 5.62. The number of anilines is 2. The highest BCUT2D eigenvalue weighted by Crippen LogP contribution is 2.26. The maximum absolute atomic E-state index is 12.6. The van der Waals surface area contributed by atoms with Crippen molar-refractivity contribution in [1.29, 1.82) is 0 Å². The fourth-order valence-corrected chi connectivity index (χ4v) is 4.15. The van der Waals surface area contributed by atoms with Gasteiger partial charge in [0.2, 0.25) is 5.91 Å². The van der Waals surface area contributed by atoms with Gasteiger partial charge >= 0.3 is 5.97 Å². The molecule has 2 aliphatic heterocycles. The van der Waals surface area contributed by atoms with Gasteiger partial charge in [-0.2, -0.15) is 0 Å². The van der Waals surface area contributed by atoms with Crippen molar-refractivity contribution in [3.63, 3.8) is 0 Å². The van der Waals surface area contributed by atoms with Crippen LogP contribution in [0.5, 0.6) is 0 Å². The Kier molecular flexibility index (Phi) is 6.42. The molecule has 2 aromatic carbocycles. The predicted molar refractivity (Wildman–Crippen MR) is 119 cm³/mol. The second kappa shape index (κ2) is 9.39. The summed E-state index contributed by atoms with van der Waals surface area (Å²) in [4.78, 5) is 42.7. The smallest absolute Gasteiger partial charge is 0.340 e. The first kappa shape index (κ1) is 21.2. The summed E-state index contributed by atoms with van der Waals surface area (Å²) < 4.78 is 5.31. The second-order valence-electron chi connectivity index (χ2n) is 7.59. The number of esters is 1. The fraction of sp³-hybridized carbons (Fsp3) is 0.348. The van der Waals surface area contributed by atoms with E-state index < -0.39 is 5.97 Å². The molecule has 0 unspecified atom stereocenters. The van der Waals surface area contributed by atoms with Gasteiger partial charge in [0.1, 0.15) is 0 Å². The van der Waals surface area contributed by atoms with Crippen LogP contribution in [0, 0.1) is 0 Å². The first-order chi connectivity index (χ1) is 15.0. The maximum atomic E-state index is 12.6. The number of carbonyl (C=O) groups is 3. The number of para-hydroxylation sites is 1. The van der Waals surface area contributed by atoms with E-state index in [2.05, 4.69) is 4.90 Å². The van der Waals surface area contributed by atoms with E-state index in [1.165, 1.54) is 0 Å². The highest BCUT2D eigenvalue weighted by molar-refractivity contribution is 6.30. The lowest BCUT2D eigenvalue weighted by atomic mass is 10.1. The van der Waals surface area contributed by atoms with Gasteiger partial charge in [-0.25, -0.2) is 4.79 Å². The lowest BCUT2D eigenvalue weighted by molar-refractivity contribution is -0.134. The van der Waals surface area contributed by atoms with Gasteiger partial charge in [0.15, 0.2) is 6.61 Å². The Morgan fingerprint density at radius 2 is 1.74 bits per heavy atom. The molecule has 2 fully saturated rings. The van der Waals surface area contributed by atoms with E-state index in [4.69, 9.17) is 16.3 Å². The Morgan fingerprint density at radius 3 is 2.45 bits per heavy atom. The fourth-order valence-electron chi connectivity index (χ4n) is 3.97. The van der Waals surface area contributed by atoms with Gasteiger partial charge in [0, 0.05) is 49.9 Å². The zero-order valence-corrected chi connectivity index (χ0v) is 17.9. The van der Waals surface area contributed by atoms with Crippen LogP contribution in [0.2, 0.25) is 5.02 Å². The average Bonchev–Trinajstić information content (AvgIpc) is 3.23. The summed E-state index contributed by atoms with van der Waals surface area (Å²) in [6, 6.07) is 14.5. The molecular weight excluding hydrogens is 418 g/mol. The number of nitrogens with zero attached hydrogens (tertiary/aromatic N) is 3. The standard InChI is InChI=1S/C23H24ClN3O4/c24-17-5-3-6-18(15-17)25-11-13-26(14-12-25)22(29)16-31-23(30)19-7-1-2-8-20(19)27-10-4-9-21(27)28/h1-3,5-8,15H,4,9-14,16H2. The van der Waals surface area contributed by atoms with Crippen molar-refractivity contribution >= 4 is 40.8 Å². The third-order valence-corrected chi connectivity index (χ3v) is 5.86. The highest BCUT2D eigenvalue weighted by Gasteiger charge is 2.27. The summed E-state index contributed by atoms with van der Waals surface area (Å²) in [6.45, 7) is 2.71. The number of halogens is 1. The van der Waals surface area contributed by atoms with Crippen molar-refractivity contribution in [2.45, 2.75) is 12.8 Å². The Hall–Kier alpha value is -3.06. The molecule has 0 spiro atoms. The molecule has 0 atom stereocenters. The number of ether oxygens (including phenoxy) is 1. The van der Waals surface area contributed by atoms with Crippen LogP contribution in [0.1, 0.15) is 23.2 Å². The van der Waals surface area contributed by atoms with Gasteiger partial charge < -0.3 is 19.4 Å². The minimum absolute atomic E-state index is 0.00565. The molecule has 8 heteroatoms. The van der Waals surface area contributed by atoms with Gasteiger partial charge in [0.25, 0.3) is 5.91 Å². The summed E-state index contributed by atoms with van der Waals surface area (Å²) in [5.41, 5.74) is 1.87. The molecule has 2 heterocycles. The minimum Gasteiger partial charge on any atom is -0.452 e. The number of benzene rings is 2. The monoisotopic (exact) mass is 441 g/mol. The average molecular weight is 442 g/mol. The van der Waals surface area contributed by atoms with E-state index in [-0.39, 0.29) is 18.4 Å². The third kappa shape index (κ3) is 4.82. The lowest BCUT2D eigenvalue weighted by Gasteiger charge is -2.36. The SMILES string of the molecule is O=C(OCC(=O)N1CCN(c2cccc(Cl)c2)CC1)c1ccccc1N1CCCC1=O. The number of hydrogen-bond donors (Lipinski definition) is 0. The molecule has 162 valence electrons. The van der Waals surface area contributed by atoms with Crippen LogP contribution in [0.3, 0.4) is 0 Å². The molecule has 2 amide bonds. The van der Waals surface area contributed by atoms with E-state index in [0.29, 0.717) is 55.4 Å². The van der Waals surface area contributed by atoms with E-state index in [9.17, 15) is 14.4 Å². The number of amides is 2. The van der Waals surface area contributed by atoms with Crippen molar-refractivity contribution in [3.8, 4) is 0 Å². The maximum Gasteiger partial charge on any atom is 0.340 e. The van der Waals surface area contributed by atoms with Crippen LogP contribution in [-0.2, 0) is 14.3 Å². The number of piperazine rings is 1. The summed E-state index contributed by atoms with van der Waals surface area (Å²) in [7, 11) is 0. The van der Waals surface area contributed by atoms with Crippen molar-refractivity contribution < 1.29 is 19.1 Å². The molecule has 0 N–H and O–H groups in total. The van der Waals surface area contributed by atoms with Crippen molar-refractivity contribution in [1.82, 2.24) is 4.90 Å². The molecular formula is C23H24ClN3O4. The Balaban J connectivity index is 1.32. The van der Waals surface area contributed by atoms with E-state index in [1.54, 1.807) is 34.1 Å². The first-order valence-corrected chi connectivity index (χ1v) is 10.8. The number of carbonyl (C=O) groups excluding carboxylic acids is 3. The van der Waals surface area contributed by atoms with E-state index >= 15 is 0 Å². The molecule has 0 radical (unpaired) electrons. The number of hydrogen-bond acceptors (Lipinski definition) is 5. The van der Waals surface area contributed by atoms with Gasteiger partial charge in [-0.05, 0) is 36.8 Å². The quantitative estimate of drug-likeness (QED) is 0.667. The second-order valence-corrected chi connectivity index (χ2v) is 8.03. The number of rotatable bonds is 5. The summed E-state index contributed by atoms with van der Waals surface area (Å²) >= 11 is 6.06. The molecule has 0 aliphatic carbocycles. The zero-order valence-electron chi connectivity index (χ0n) is 17.1. The molecule has 0 aromatic heterocycles. The Morgan fingerprint density at radius 1 is 0.968 bits per heavy atom.